The summed E-state index contributed by atoms with van der Waals surface area (Å²) in [6.07, 6.45) is 2.15. The minimum Gasteiger partial charge on any atom is -0.497 e. The average molecular weight is 288 g/mol. The second-order valence-corrected chi connectivity index (χ2v) is 5.30. The lowest BCUT2D eigenvalue weighted by molar-refractivity contribution is -0.140. The molecule has 5 nitrogen and oxygen atoms in total. The summed E-state index contributed by atoms with van der Waals surface area (Å²) in [6.45, 7) is 0.920. The molecule has 1 aromatic carbocycles. The van der Waals surface area contributed by atoms with E-state index in [0.717, 1.165) is 30.7 Å². The predicted molar refractivity (Wildman–Crippen MR) is 80.5 cm³/mol. The number of benzene rings is 1. The maximum atomic E-state index is 11.3. The Morgan fingerprint density at radius 2 is 2.24 bits per heavy atom. The van der Waals surface area contributed by atoms with Gasteiger partial charge in [-0.05, 0) is 43.1 Å². The SMILES string of the molecule is COC(=O)CCC1NCCc2c1[nH]c1ccc(OC)cc21. The van der Waals surface area contributed by atoms with Crippen molar-refractivity contribution < 1.29 is 14.3 Å². The van der Waals surface area contributed by atoms with E-state index in [4.69, 9.17) is 9.47 Å². The molecule has 3 rings (SSSR count). The molecule has 1 aliphatic rings. The van der Waals surface area contributed by atoms with Crippen LogP contribution in [-0.4, -0.2) is 31.7 Å². The Kier molecular flexibility index (Phi) is 3.84. The molecule has 0 saturated heterocycles. The molecule has 0 aliphatic carbocycles. The first-order valence-corrected chi connectivity index (χ1v) is 7.21. The molecule has 2 N–H and O–H groups in total. The Hall–Kier alpha value is -2.01. The van der Waals surface area contributed by atoms with E-state index in [2.05, 4.69) is 16.4 Å². The highest BCUT2D eigenvalue weighted by molar-refractivity contribution is 5.86. The van der Waals surface area contributed by atoms with Gasteiger partial charge >= 0.3 is 5.97 Å². The van der Waals surface area contributed by atoms with E-state index in [1.807, 2.05) is 12.1 Å². The van der Waals surface area contributed by atoms with Crippen LogP contribution in [-0.2, 0) is 16.0 Å². The molecule has 0 amide bonds. The van der Waals surface area contributed by atoms with E-state index in [-0.39, 0.29) is 12.0 Å². The zero-order chi connectivity index (χ0) is 14.8. The third-order valence-corrected chi connectivity index (χ3v) is 4.13. The maximum Gasteiger partial charge on any atom is 0.305 e. The number of aromatic amines is 1. The van der Waals surface area contributed by atoms with Crippen LogP contribution in [0.5, 0.6) is 5.75 Å². The minimum absolute atomic E-state index is 0.165. The molecule has 0 saturated carbocycles. The summed E-state index contributed by atoms with van der Waals surface area (Å²) >= 11 is 0. The molecule has 0 spiro atoms. The molecule has 1 atom stereocenters. The number of carbonyl (C=O) groups excluding carboxylic acids is 1. The van der Waals surface area contributed by atoms with E-state index in [9.17, 15) is 4.79 Å². The Morgan fingerprint density at radius 3 is 3.00 bits per heavy atom. The van der Waals surface area contributed by atoms with Gasteiger partial charge in [-0.1, -0.05) is 0 Å². The van der Waals surface area contributed by atoms with Crippen molar-refractivity contribution in [1.29, 1.82) is 0 Å². The van der Waals surface area contributed by atoms with Crippen LogP contribution in [0.25, 0.3) is 10.9 Å². The predicted octanol–water partition coefficient (Wildman–Crippen LogP) is 2.32. The lowest BCUT2D eigenvalue weighted by Gasteiger charge is -2.24. The lowest BCUT2D eigenvalue weighted by Crippen LogP contribution is -2.30. The van der Waals surface area contributed by atoms with E-state index in [1.165, 1.54) is 23.8 Å². The van der Waals surface area contributed by atoms with Gasteiger partial charge in [0.05, 0.1) is 14.2 Å². The maximum absolute atomic E-state index is 11.3. The number of fused-ring (bicyclic) bond motifs is 3. The normalized spacial score (nSPS) is 17.5. The summed E-state index contributed by atoms with van der Waals surface area (Å²) in [5.74, 6) is 0.704. The zero-order valence-corrected chi connectivity index (χ0v) is 12.4. The molecule has 112 valence electrons. The second-order valence-electron chi connectivity index (χ2n) is 5.30. The van der Waals surface area contributed by atoms with Crippen LogP contribution in [0.15, 0.2) is 18.2 Å². The highest BCUT2D eigenvalue weighted by atomic mass is 16.5. The van der Waals surface area contributed by atoms with E-state index >= 15 is 0 Å². The molecule has 2 heterocycles. The summed E-state index contributed by atoms with van der Waals surface area (Å²) in [4.78, 5) is 14.8. The van der Waals surface area contributed by atoms with Crippen LogP contribution < -0.4 is 10.1 Å². The Bertz CT molecular complexity index is 663. The molecule has 1 aliphatic heterocycles. The number of aromatic nitrogens is 1. The fraction of sp³-hybridized carbons (Fsp3) is 0.438. The molecule has 2 aromatic rings. The topological polar surface area (TPSA) is 63.3 Å². The number of nitrogens with one attached hydrogen (secondary N) is 2. The van der Waals surface area contributed by atoms with Gasteiger partial charge in [0.25, 0.3) is 0 Å². The highest BCUT2D eigenvalue weighted by Crippen LogP contribution is 2.33. The number of carbonyl (C=O) groups is 1. The van der Waals surface area contributed by atoms with Crippen molar-refractivity contribution in [3.05, 3.63) is 29.5 Å². The standard InChI is InChI=1S/C16H20N2O3/c1-20-10-3-4-13-12(9-10)11-7-8-17-14(16(11)18-13)5-6-15(19)21-2/h3-4,9,14,17-18H,5-8H2,1-2H3. The van der Waals surface area contributed by atoms with Crippen molar-refractivity contribution in [1.82, 2.24) is 10.3 Å². The number of methoxy groups -OCH3 is 2. The third-order valence-electron chi connectivity index (χ3n) is 4.13. The molecule has 5 heteroatoms. The van der Waals surface area contributed by atoms with Gasteiger partial charge in [0, 0.05) is 29.1 Å². The monoisotopic (exact) mass is 288 g/mol. The van der Waals surface area contributed by atoms with Crippen LogP contribution in [0.2, 0.25) is 0 Å². The Labute approximate surface area is 123 Å². The summed E-state index contributed by atoms with van der Waals surface area (Å²) in [7, 11) is 3.11. The molecule has 0 radical (unpaired) electrons. The lowest BCUT2D eigenvalue weighted by atomic mass is 9.96. The summed E-state index contributed by atoms with van der Waals surface area (Å²) in [6, 6.07) is 6.25. The molecule has 0 bridgehead atoms. The van der Waals surface area contributed by atoms with Crippen LogP contribution in [0, 0.1) is 0 Å². The molecule has 21 heavy (non-hydrogen) atoms. The summed E-state index contributed by atoms with van der Waals surface area (Å²) < 4.78 is 10.0. The largest absolute Gasteiger partial charge is 0.497 e. The van der Waals surface area contributed by atoms with Crippen LogP contribution in [0.3, 0.4) is 0 Å². The Balaban J connectivity index is 1.92. The van der Waals surface area contributed by atoms with E-state index < -0.39 is 0 Å². The number of rotatable bonds is 4. The van der Waals surface area contributed by atoms with Gasteiger partial charge in [0.15, 0.2) is 0 Å². The molecular weight excluding hydrogens is 268 g/mol. The van der Waals surface area contributed by atoms with Crippen molar-refractivity contribution >= 4 is 16.9 Å². The van der Waals surface area contributed by atoms with Crippen molar-refractivity contribution in [2.45, 2.75) is 25.3 Å². The van der Waals surface area contributed by atoms with Crippen molar-refractivity contribution in [3.8, 4) is 5.75 Å². The summed E-state index contributed by atoms with van der Waals surface area (Å²) in [5.41, 5.74) is 3.64. The highest BCUT2D eigenvalue weighted by Gasteiger charge is 2.24. The molecular formula is C16H20N2O3. The van der Waals surface area contributed by atoms with Crippen LogP contribution >= 0.6 is 0 Å². The second kappa shape index (κ2) is 5.77. The van der Waals surface area contributed by atoms with Crippen molar-refractivity contribution in [2.75, 3.05) is 20.8 Å². The third kappa shape index (κ3) is 2.61. The summed E-state index contributed by atoms with van der Waals surface area (Å²) in [5, 5.41) is 4.69. The number of hydrogen-bond donors (Lipinski definition) is 2. The van der Waals surface area contributed by atoms with Gasteiger partial charge in [0.1, 0.15) is 5.75 Å². The van der Waals surface area contributed by atoms with E-state index in [1.54, 1.807) is 7.11 Å². The van der Waals surface area contributed by atoms with E-state index in [0.29, 0.717) is 6.42 Å². The fourth-order valence-electron chi connectivity index (χ4n) is 3.03. The number of H-pyrrole nitrogens is 1. The van der Waals surface area contributed by atoms with Crippen molar-refractivity contribution in [3.63, 3.8) is 0 Å². The van der Waals surface area contributed by atoms with Crippen molar-refractivity contribution in [2.24, 2.45) is 0 Å². The number of ether oxygens (including phenoxy) is 2. The van der Waals surface area contributed by atoms with Crippen LogP contribution in [0.4, 0.5) is 0 Å². The molecule has 1 aromatic heterocycles. The fourth-order valence-corrected chi connectivity index (χ4v) is 3.03. The van der Waals surface area contributed by atoms with Gasteiger partial charge in [-0.3, -0.25) is 4.79 Å². The van der Waals surface area contributed by atoms with Gasteiger partial charge in [0.2, 0.25) is 0 Å². The number of hydrogen-bond acceptors (Lipinski definition) is 4. The first-order valence-electron chi connectivity index (χ1n) is 7.21. The Morgan fingerprint density at radius 1 is 1.38 bits per heavy atom. The average Bonchev–Trinajstić information content (AvgIpc) is 2.90. The first-order chi connectivity index (χ1) is 10.2. The minimum atomic E-state index is -0.165. The van der Waals surface area contributed by atoms with Gasteiger partial charge in [-0.15, -0.1) is 0 Å². The smallest absolute Gasteiger partial charge is 0.305 e. The molecule has 0 fully saturated rings. The van der Waals surface area contributed by atoms with Gasteiger partial charge < -0.3 is 19.8 Å². The molecule has 1 unspecified atom stereocenters. The van der Waals surface area contributed by atoms with Gasteiger partial charge in [-0.2, -0.15) is 0 Å². The number of esters is 1. The first kappa shape index (κ1) is 13.9. The zero-order valence-electron chi connectivity index (χ0n) is 12.4. The quantitative estimate of drug-likeness (QED) is 0.848. The van der Waals surface area contributed by atoms with Gasteiger partial charge in [-0.25, -0.2) is 0 Å². The van der Waals surface area contributed by atoms with Crippen LogP contribution in [0.1, 0.15) is 30.1 Å².